The number of ether oxygens (including phenoxy) is 2. The van der Waals surface area contributed by atoms with Gasteiger partial charge in [-0.1, -0.05) is 6.07 Å². The van der Waals surface area contributed by atoms with E-state index in [-0.39, 0.29) is 17.1 Å². The van der Waals surface area contributed by atoms with E-state index in [4.69, 9.17) is 9.84 Å². The Kier molecular flexibility index (Phi) is 5.13. The third kappa shape index (κ3) is 3.35. The van der Waals surface area contributed by atoms with Gasteiger partial charge in [-0.2, -0.15) is 0 Å². The van der Waals surface area contributed by atoms with Crippen molar-refractivity contribution < 1.29 is 29.3 Å². The van der Waals surface area contributed by atoms with Gasteiger partial charge in [0.1, 0.15) is 0 Å². The lowest BCUT2D eigenvalue weighted by Crippen LogP contribution is -2.44. The fraction of sp³-hybridized carbons (Fsp3) is 0.333. The van der Waals surface area contributed by atoms with Gasteiger partial charge in [-0.3, -0.25) is 4.79 Å². The number of hydrogen-bond donors (Lipinski definition) is 3. The molecular weight excluding hydrogens is 254 g/mol. The largest absolute Gasteiger partial charge is 0.504 e. The number of rotatable bonds is 5. The molecule has 0 aromatic heterocycles. The van der Waals surface area contributed by atoms with Crippen molar-refractivity contribution in [1.82, 2.24) is 5.32 Å². The van der Waals surface area contributed by atoms with Crippen LogP contribution in [0.2, 0.25) is 0 Å². The maximum atomic E-state index is 11.9. The zero-order valence-electron chi connectivity index (χ0n) is 10.5. The average molecular weight is 269 g/mol. The molecule has 0 aliphatic rings. The fourth-order valence-electron chi connectivity index (χ4n) is 1.43. The predicted octanol–water partition coefficient (Wildman–Crippen LogP) is -0.336. The number of aliphatic hydroxyl groups excluding tert-OH is 1. The van der Waals surface area contributed by atoms with E-state index in [1.165, 1.54) is 25.3 Å². The molecule has 0 spiro atoms. The summed E-state index contributed by atoms with van der Waals surface area (Å²) in [5.41, 5.74) is -0.0679. The SMILES string of the molecule is COC(=O)C(CO)NC(=O)c1cccc(OC)c1O. The highest BCUT2D eigenvalue weighted by atomic mass is 16.5. The molecule has 0 heterocycles. The Hall–Kier alpha value is -2.28. The van der Waals surface area contributed by atoms with Crippen molar-refractivity contribution in [2.45, 2.75) is 6.04 Å². The van der Waals surface area contributed by atoms with Gasteiger partial charge in [0.05, 0.1) is 26.4 Å². The monoisotopic (exact) mass is 269 g/mol. The first kappa shape index (κ1) is 14.8. The molecule has 7 heteroatoms. The van der Waals surface area contributed by atoms with E-state index in [1.54, 1.807) is 0 Å². The Balaban J connectivity index is 2.92. The number of aromatic hydroxyl groups is 1. The van der Waals surface area contributed by atoms with E-state index in [1.807, 2.05) is 0 Å². The Morgan fingerprint density at radius 3 is 2.58 bits per heavy atom. The van der Waals surface area contributed by atoms with Crippen LogP contribution in [0.4, 0.5) is 0 Å². The maximum absolute atomic E-state index is 11.9. The van der Waals surface area contributed by atoms with Crippen LogP contribution in [0.5, 0.6) is 11.5 Å². The standard InChI is InChI=1S/C12H15NO6/c1-18-9-5-3-4-7(10(9)15)11(16)13-8(6-14)12(17)19-2/h3-5,8,14-15H,6H2,1-2H3,(H,13,16). The smallest absolute Gasteiger partial charge is 0.330 e. The molecule has 1 aromatic rings. The summed E-state index contributed by atoms with van der Waals surface area (Å²) < 4.78 is 9.28. The summed E-state index contributed by atoms with van der Waals surface area (Å²) >= 11 is 0. The van der Waals surface area contributed by atoms with Crippen LogP contribution in [0.3, 0.4) is 0 Å². The van der Waals surface area contributed by atoms with E-state index < -0.39 is 24.5 Å². The van der Waals surface area contributed by atoms with Gasteiger partial charge < -0.3 is 25.0 Å². The Morgan fingerprint density at radius 2 is 2.05 bits per heavy atom. The molecule has 0 radical (unpaired) electrons. The third-order valence-electron chi connectivity index (χ3n) is 2.44. The first-order valence-electron chi connectivity index (χ1n) is 5.40. The summed E-state index contributed by atoms with van der Waals surface area (Å²) in [5, 5.41) is 21.0. The number of esters is 1. The molecule has 0 saturated carbocycles. The van der Waals surface area contributed by atoms with Gasteiger partial charge in [0, 0.05) is 0 Å². The number of benzene rings is 1. The van der Waals surface area contributed by atoms with Crippen LogP contribution in [0, 0.1) is 0 Å². The lowest BCUT2D eigenvalue weighted by Gasteiger charge is -2.15. The van der Waals surface area contributed by atoms with E-state index >= 15 is 0 Å². The molecule has 1 aromatic carbocycles. The van der Waals surface area contributed by atoms with E-state index in [0.717, 1.165) is 7.11 Å². The number of aliphatic hydroxyl groups is 1. The van der Waals surface area contributed by atoms with Crippen molar-refractivity contribution in [1.29, 1.82) is 0 Å². The summed E-state index contributed by atoms with van der Waals surface area (Å²) in [6.45, 7) is -0.608. The number of phenols is 1. The molecule has 3 N–H and O–H groups in total. The molecule has 0 fully saturated rings. The van der Waals surface area contributed by atoms with Crippen molar-refractivity contribution in [3.05, 3.63) is 23.8 Å². The Labute approximate surface area is 109 Å². The molecule has 1 atom stereocenters. The number of amides is 1. The molecular formula is C12H15NO6. The summed E-state index contributed by atoms with van der Waals surface area (Å²) in [5.74, 6) is -1.71. The van der Waals surface area contributed by atoms with Gasteiger partial charge in [0.15, 0.2) is 17.5 Å². The van der Waals surface area contributed by atoms with Crippen LogP contribution in [0.15, 0.2) is 18.2 Å². The van der Waals surface area contributed by atoms with Gasteiger partial charge >= 0.3 is 5.97 Å². The zero-order chi connectivity index (χ0) is 14.4. The van der Waals surface area contributed by atoms with Crippen molar-refractivity contribution in [2.75, 3.05) is 20.8 Å². The summed E-state index contributed by atoms with van der Waals surface area (Å²) in [6.07, 6.45) is 0. The number of methoxy groups -OCH3 is 2. The number of nitrogens with one attached hydrogen (secondary N) is 1. The van der Waals surface area contributed by atoms with Crippen LogP contribution in [-0.4, -0.2) is 49.0 Å². The summed E-state index contributed by atoms with van der Waals surface area (Å²) in [7, 11) is 2.49. The lowest BCUT2D eigenvalue weighted by molar-refractivity contribution is -0.143. The molecule has 1 rings (SSSR count). The highest BCUT2D eigenvalue weighted by molar-refractivity contribution is 5.99. The van der Waals surface area contributed by atoms with Gasteiger partial charge in [-0.15, -0.1) is 0 Å². The Bertz CT molecular complexity index is 473. The Morgan fingerprint density at radius 1 is 1.37 bits per heavy atom. The summed E-state index contributed by atoms with van der Waals surface area (Å²) in [4.78, 5) is 23.1. The molecule has 1 unspecified atom stereocenters. The van der Waals surface area contributed by atoms with Gasteiger partial charge in [-0.05, 0) is 12.1 Å². The average Bonchev–Trinajstić information content (AvgIpc) is 2.43. The quantitative estimate of drug-likeness (QED) is 0.632. The van der Waals surface area contributed by atoms with Gasteiger partial charge in [0.2, 0.25) is 0 Å². The predicted molar refractivity (Wildman–Crippen MR) is 65.0 cm³/mol. The zero-order valence-corrected chi connectivity index (χ0v) is 10.5. The minimum atomic E-state index is -1.19. The maximum Gasteiger partial charge on any atom is 0.330 e. The van der Waals surface area contributed by atoms with Gasteiger partial charge in [0.25, 0.3) is 5.91 Å². The molecule has 19 heavy (non-hydrogen) atoms. The van der Waals surface area contributed by atoms with Crippen LogP contribution >= 0.6 is 0 Å². The van der Waals surface area contributed by atoms with E-state index in [0.29, 0.717) is 0 Å². The number of phenolic OH excluding ortho intramolecular Hbond substituents is 1. The molecule has 0 bridgehead atoms. The van der Waals surface area contributed by atoms with Crippen molar-refractivity contribution in [3.8, 4) is 11.5 Å². The number of para-hydroxylation sites is 1. The fourth-order valence-corrected chi connectivity index (χ4v) is 1.43. The van der Waals surface area contributed by atoms with Crippen molar-refractivity contribution in [2.24, 2.45) is 0 Å². The van der Waals surface area contributed by atoms with Crippen LogP contribution < -0.4 is 10.1 Å². The van der Waals surface area contributed by atoms with Crippen molar-refractivity contribution >= 4 is 11.9 Å². The number of carbonyl (C=O) groups is 2. The van der Waals surface area contributed by atoms with E-state index in [9.17, 15) is 14.7 Å². The third-order valence-corrected chi connectivity index (χ3v) is 2.44. The van der Waals surface area contributed by atoms with Crippen LogP contribution in [0.25, 0.3) is 0 Å². The first-order valence-corrected chi connectivity index (χ1v) is 5.40. The second-order valence-corrected chi connectivity index (χ2v) is 3.59. The lowest BCUT2D eigenvalue weighted by atomic mass is 10.1. The minimum Gasteiger partial charge on any atom is -0.504 e. The summed E-state index contributed by atoms with van der Waals surface area (Å²) in [6, 6.07) is 3.16. The van der Waals surface area contributed by atoms with Crippen LogP contribution in [-0.2, 0) is 9.53 Å². The number of carbonyl (C=O) groups excluding carboxylic acids is 2. The number of hydrogen-bond acceptors (Lipinski definition) is 6. The first-order chi connectivity index (χ1) is 9.04. The second-order valence-electron chi connectivity index (χ2n) is 3.59. The molecule has 104 valence electrons. The highest BCUT2D eigenvalue weighted by Crippen LogP contribution is 2.29. The molecule has 1 amide bonds. The van der Waals surface area contributed by atoms with Crippen LogP contribution in [0.1, 0.15) is 10.4 Å². The van der Waals surface area contributed by atoms with E-state index in [2.05, 4.69) is 10.1 Å². The topological polar surface area (TPSA) is 105 Å². The molecule has 7 nitrogen and oxygen atoms in total. The minimum absolute atomic E-state index is 0.0679. The van der Waals surface area contributed by atoms with Gasteiger partial charge in [-0.25, -0.2) is 4.79 Å². The highest BCUT2D eigenvalue weighted by Gasteiger charge is 2.23. The molecule has 0 aliphatic heterocycles. The second kappa shape index (κ2) is 6.60. The molecule has 0 saturated heterocycles. The van der Waals surface area contributed by atoms with Crippen molar-refractivity contribution in [3.63, 3.8) is 0 Å². The normalized spacial score (nSPS) is 11.5. The molecule has 0 aliphatic carbocycles.